The Labute approximate surface area is 118 Å². The van der Waals surface area contributed by atoms with Crippen molar-refractivity contribution < 1.29 is 13.9 Å². The first-order valence-corrected chi connectivity index (χ1v) is 6.89. The highest BCUT2D eigenvalue weighted by molar-refractivity contribution is 5.77. The minimum atomic E-state index is -0.209. The lowest BCUT2D eigenvalue weighted by Crippen LogP contribution is -2.48. The van der Waals surface area contributed by atoms with E-state index >= 15 is 0 Å². The molecular formula is C15H21FN2O2. The first-order chi connectivity index (χ1) is 9.60. The lowest BCUT2D eigenvalue weighted by Gasteiger charge is -2.35. The first kappa shape index (κ1) is 14.8. The minimum absolute atomic E-state index is 0.0475. The van der Waals surface area contributed by atoms with Crippen LogP contribution in [0.3, 0.4) is 0 Å². The number of hydrogen-bond acceptors (Lipinski definition) is 3. The molecule has 110 valence electrons. The van der Waals surface area contributed by atoms with E-state index in [1.165, 1.54) is 13.2 Å². The number of ether oxygens (including phenoxy) is 1. The third-order valence-corrected chi connectivity index (χ3v) is 3.50. The molecule has 1 aromatic carbocycles. The predicted octanol–water partition coefficient (Wildman–Crippen LogP) is 1.87. The SMILES string of the molecule is COCC(=O)NC1CCCN(c2cc(C)ccc2F)C1. The summed E-state index contributed by atoms with van der Waals surface area (Å²) in [5, 5.41) is 2.93. The third-order valence-electron chi connectivity index (χ3n) is 3.50. The molecule has 1 amide bonds. The van der Waals surface area contributed by atoms with Crippen molar-refractivity contribution in [3.63, 3.8) is 0 Å². The Balaban J connectivity index is 2.03. The Kier molecular flexibility index (Phi) is 4.95. The molecule has 5 heteroatoms. The van der Waals surface area contributed by atoms with Gasteiger partial charge in [0.05, 0.1) is 5.69 Å². The summed E-state index contributed by atoms with van der Waals surface area (Å²) in [5.41, 5.74) is 1.66. The Bertz CT molecular complexity index is 479. The number of anilines is 1. The van der Waals surface area contributed by atoms with Crippen molar-refractivity contribution in [2.24, 2.45) is 0 Å². The van der Waals surface area contributed by atoms with Crippen LogP contribution in [0, 0.1) is 12.7 Å². The molecule has 1 aliphatic rings. The summed E-state index contributed by atoms with van der Waals surface area (Å²) < 4.78 is 18.7. The van der Waals surface area contributed by atoms with E-state index in [0.717, 1.165) is 24.9 Å². The number of aryl methyl sites for hydroxylation is 1. The molecule has 0 bridgehead atoms. The van der Waals surface area contributed by atoms with E-state index in [1.54, 1.807) is 6.07 Å². The molecule has 2 rings (SSSR count). The maximum atomic E-state index is 13.9. The average Bonchev–Trinajstić information content (AvgIpc) is 2.42. The van der Waals surface area contributed by atoms with Gasteiger partial charge in [-0.3, -0.25) is 4.79 Å². The molecule has 4 nitrogen and oxygen atoms in total. The van der Waals surface area contributed by atoms with E-state index < -0.39 is 0 Å². The van der Waals surface area contributed by atoms with Gasteiger partial charge in [-0.2, -0.15) is 0 Å². The molecule has 1 aliphatic heterocycles. The smallest absolute Gasteiger partial charge is 0.246 e. The number of benzene rings is 1. The molecule has 20 heavy (non-hydrogen) atoms. The quantitative estimate of drug-likeness (QED) is 0.915. The van der Waals surface area contributed by atoms with E-state index in [-0.39, 0.29) is 24.4 Å². The van der Waals surface area contributed by atoms with Crippen molar-refractivity contribution in [3.8, 4) is 0 Å². The molecule has 0 radical (unpaired) electrons. The van der Waals surface area contributed by atoms with Crippen LogP contribution < -0.4 is 10.2 Å². The van der Waals surface area contributed by atoms with Crippen molar-refractivity contribution in [1.29, 1.82) is 0 Å². The van der Waals surface area contributed by atoms with Gasteiger partial charge in [0.1, 0.15) is 12.4 Å². The Morgan fingerprint density at radius 3 is 3.10 bits per heavy atom. The molecule has 1 heterocycles. The fourth-order valence-corrected chi connectivity index (χ4v) is 2.58. The van der Waals surface area contributed by atoms with Gasteiger partial charge in [-0.25, -0.2) is 4.39 Å². The summed E-state index contributed by atoms with van der Waals surface area (Å²) in [7, 11) is 1.49. The molecule has 0 aromatic heterocycles. The van der Waals surface area contributed by atoms with Gasteiger partial charge in [-0.05, 0) is 37.5 Å². The summed E-state index contributed by atoms with van der Waals surface area (Å²) in [6.07, 6.45) is 1.85. The number of amides is 1. The zero-order valence-corrected chi connectivity index (χ0v) is 12.0. The maximum Gasteiger partial charge on any atom is 0.246 e. The second-order valence-electron chi connectivity index (χ2n) is 5.24. The zero-order chi connectivity index (χ0) is 14.5. The van der Waals surface area contributed by atoms with Gasteiger partial charge in [-0.15, -0.1) is 0 Å². The van der Waals surface area contributed by atoms with E-state index in [4.69, 9.17) is 4.74 Å². The lowest BCUT2D eigenvalue weighted by atomic mass is 10.0. The number of halogens is 1. The fourth-order valence-electron chi connectivity index (χ4n) is 2.58. The average molecular weight is 280 g/mol. The third kappa shape index (κ3) is 3.70. The molecule has 1 fully saturated rings. The molecule has 0 spiro atoms. The van der Waals surface area contributed by atoms with Crippen LogP contribution in [-0.4, -0.2) is 38.8 Å². The molecule has 0 saturated carbocycles. The summed E-state index contributed by atoms with van der Waals surface area (Å²) in [5.74, 6) is -0.330. The lowest BCUT2D eigenvalue weighted by molar-refractivity contribution is -0.125. The van der Waals surface area contributed by atoms with Crippen LogP contribution in [0.2, 0.25) is 0 Å². The molecule has 1 atom stereocenters. The first-order valence-electron chi connectivity index (χ1n) is 6.89. The Morgan fingerprint density at radius 1 is 1.55 bits per heavy atom. The summed E-state index contributed by atoms with van der Waals surface area (Å²) in [6.45, 7) is 3.47. The van der Waals surface area contributed by atoms with Gasteiger partial charge >= 0.3 is 0 Å². The van der Waals surface area contributed by atoms with E-state index in [1.807, 2.05) is 17.9 Å². The summed E-state index contributed by atoms with van der Waals surface area (Å²) in [4.78, 5) is 13.6. The van der Waals surface area contributed by atoms with E-state index in [0.29, 0.717) is 12.2 Å². The topological polar surface area (TPSA) is 41.6 Å². The highest BCUT2D eigenvalue weighted by Crippen LogP contribution is 2.24. The monoisotopic (exact) mass is 280 g/mol. The van der Waals surface area contributed by atoms with Crippen molar-refractivity contribution in [2.45, 2.75) is 25.8 Å². The van der Waals surface area contributed by atoms with Crippen LogP contribution in [0.5, 0.6) is 0 Å². The van der Waals surface area contributed by atoms with Gasteiger partial charge in [-0.1, -0.05) is 6.07 Å². The summed E-state index contributed by atoms with van der Waals surface area (Å²) >= 11 is 0. The van der Waals surface area contributed by atoms with Gasteiger partial charge in [0, 0.05) is 26.2 Å². The molecular weight excluding hydrogens is 259 g/mol. The predicted molar refractivity (Wildman–Crippen MR) is 76.4 cm³/mol. The zero-order valence-electron chi connectivity index (χ0n) is 12.0. The van der Waals surface area contributed by atoms with Crippen molar-refractivity contribution in [1.82, 2.24) is 5.32 Å². The second-order valence-corrected chi connectivity index (χ2v) is 5.24. The number of rotatable bonds is 4. The molecule has 0 aliphatic carbocycles. The van der Waals surface area contributed by atoms with Crippen molar-refractivity contribution in [2.75, 3.05) is 31.7 Å². The van der Waals surface area contributed by atoms with Crippen LogP contribution in [0.15, 0.2) is 18.2 Å². The summed E-state index contributed by atoms with van der Waals surface area (Å²) in [6, 6.07) is 5.17. The number of hydrogen-bond donors (Lipinski definition) is 1. The number of nitrogens with zero attached hydrogens (tertiary/aromatic N) is 1. The number of piperidine rings is 1. The normalized spacial score (nSPS) is 18.9. The van der Waals surface area contributed by atoms with Crippen LogP contribution in [0.25, 0.3) is 0 Å². The fraction of sp³-hybridized carbons (Fsp3) is 0.533. The van der Waals surface area contributed by atoms with Crippen LogP contribution in [0.4, 0.5) is 10.1 Å². The molecule has 1 aromatic rings. The van der Waals surface area contributed by atoms with Crippen molar-refractivity contribution >= 4 is 11.6 Å². The van der Waals surface area contributed by atoms with Gasteiger partial charge in [0.25, 0.3) is 0 Å². The van der Waals surface area contributed by atoms with E-state index in [9.17, 15) is 9.18 Å². The highest BCUT2D eigenvalue weighted by atomic mass is 19.1. The van der Waals surface area contributed by atoms with Crippen molar-refractivity contribution in [3.05, 3.63) is 29.6 Å². The van der Waals surface area contributed by atoms with Gasteiger partial charge in [0.2, 0.25) is 5.91 Å². The number of carbonyl (C=O) groups excluding carboxylic acids is 1. The van der Waals surface area contributed by atoms with Crippen LogP contribution in [0.1, 0.15) is 18.4 Å². The van der Waals surface area contributed by atoms with Crippen LogP contribution >= 0.6 is 0 Å². The van der Waals surface area contributed by atoms with Crippen LogP contribution in [-0.2, 0) is 9.53 Å². The number of carbonyl (C=O) groups is 1. The largest absolute Gasteiger partial charge is 0.375 e. The number of nitrogens with one attached hydrogen (secondary N) is 1. The molecule has 1 unspecified atom stereocenters. The molecule has 1 saturated heterocycles. The van der Waals surface area contributed by atoms with Gasteiger partial charge in [0.15, 0.2) is 0 Å². The minimum Gasteiger partial charge on any atom is -0.375 e. The Morgan fingerprint density at radius 2 is 2.35 bits per heavy atom. The standard InChI is InChI=1S/C15H21FN2O2/c1-11-5-6-13(16)14(8-11)18-7-3-4-12(9-18)17-15(19)10-20-2/h5-6,8,12H,3-4,7,9-10H2,1-2H3,(H,17,19). The maximum absolute atomic E-state index is 13.9. The molecule has 1 N–H and O–H groups in total. The number of methoxy groups -OCH3 is 1. The van der Waals surface area contributed by atoms with E-state index in [2.05, 4.69) is 5.32 Å². The second kappa shape index (κ2) is 6.70. The van der Waals surface area contributed by atoms with Gasteiger partial charge < -0.3 is 15.0 Å². The highest BCUT2D eigenvalue weighted by Gasteiger charge is 2.23. The Hall–Kier alpha value is -1.62.